The molecule has 0 bridgehead atoms. The van der Waals surface area contributed by atoms with Crippen LogP contribution in [0.4, 0.5) is 21.6 Å². The van der Waals surface area contributed by atoms with Gasteiger partial charge in [-0.25, -0.2) is 13.3 Å². The summed E-state index contributed by atoms with van der Waals surface area (Å²) >= 11 is 4.92. The number of rotatable bonds is 9. The van der Waals surface area contributed by atoms with Crippen molar-refractivity contribution in [3.05, 3.63) is 74.3 Å². The molecule has 39 heavy (non-hydrogen) atoms. The number of aromatic nitrogens is 1. The smallest absolute Gasteiger partial charge is 0.259 e. The summed E-state index contributed by atoms with van der Waals surface area (Å²) in [6.07, 6.45) is 1.69. The molecule has 210 valence electrons. The molecule has 9 nitrogen and oxygen atoms in total. The molecule has 0 spiro atoms. The second-order valence-corrected chi connectivity index (χ2v) is 10.3. The molecule has 1 heterocycles. The average molecular weight is 578 g/mol. The van der Waals surface area contributed by atoms with Gasteiger partial charge in [-0.1, -0.05) is 31.5 Å². The lowest BCUT2D eigenvalue weighted by Crippen LogP contribution is -2.31. The molecular formula is C27H33ClFN5O4S. The fourth-order valence-corrected chi connectivity index (χ4v) is 4.31. The lowest BCUT2D eigenvalue weighted by Gasteiger charge is -2.22. The predicted octanol–water partition coefficient (Wildman–Crippen LogP) is 5.46. The maximum absolute atomic E-state index is 14.7. The minimum absolute atomic E-state index is 0.00215. The van der Waals surface area contributed by atoms with Crippen LogP contribution in [0, 0.1) is 19.7 Å². The van der Waals surface area contributed by atoms with Crippen LogP contribution in [-0.2, 0) is 18.2 Å². The number of hydrogen-bond donors (Lipinski definition) is 4. The molecule has 0 saturated heterocycles. The molecule has 1 aliphatic carbocycles. The second kappa shape index (κ2) is 13.1. The van der Waals surface area contributed by atoms with Gasteiger partial charge < -0.3 is 15.4 Å². The van der Waals surface area contributed by atoms with Gasteiger partial charge >= 0.3 is 0 Å². The first-order valence-corrected chi connectivity index (χ1v) is 14.0. The van der Waals surface area contributed by atoms with Gasteiger partial charge in [0.25, 0.3) is 11.5 Å². The van der Waals surface area contributed by atoms with E-state index in [1.54, 1.807) is 26.0 Å². The summed E-state index contributed by atoms with van der Waals surface area (Å²) < 4.78 is 39.1. The Hall–Kier alpha value is -3.41. The van der Waals surface area contributed by atoms with Gasteiger partial charge in [-0.15, -0.1) is 0 Å². The van der Waals surface area contributed by atoms with Crippen LogP contribution in [0.2, 0.25) is 5.02 Å². The van der Waals surface area contributed by atoms with Crippen LogP contribution in [0.3, 0.4) is 0 Å². The fraction of sp³-hybridized carbons (Fsp3) is 0.333. The van der Waals surface area contributed by atoms with Crippen LogP contribution in [0.5, 0.6) is 11.5 Å². The van der Waals surface area contributed by atoms with E-state index in [4.69, 9.17) is 16.3 Å². The molecule has 0 aliphatic heterocycles. The zero-order valence-corrected chi connectivity index (χ0v) is 24.3. The van der Waals surface area contributed by atoms with E-state index in [2.05, 4.69) is 20.1 Å². The topological polar surface area (TPSA) is 113 Å². The van der Waals surface area contributed by atoms with Crippen molar-refractivity contribution in [2.45, 2.75) is 46.6 Å². The van der Waals surface area contributed by atoms with E-state index in [0.29, 0.717) is 5.69 Å². The molecule has 1 fully saturated rings. The number of pyridine rings is 1. The monoisotopic (exact) mass is 577 g/mol. The lowest BCUT2D eigenvalue weighted by atomic mass is 10.1. The molecule has 1 unspecified atom stereocenters. The summed E-state index contributed by atoms with van der Waals surface area (Å²) in [5, 5.41) is 6.00. The molecule has 4 rings (SSSR count). The summed E-state index contributed by atoms with van der Waals surface area (Å²) in [5.41, 5.74) is 1.07. The van der Waals surface area contributed by atoms with E-state index in [9.17, 15) is 18.2 Å². The van der Waals surface area contributed by atoms with Crippen molar-refractivity contribution >= 4 is 45.9 Å². The highest BCUT2D eigenvalue weighted by Crippen LogP contribution is 2.38. The van der Waals surface area contributed by atoms with E-state index < -0.39 is 28.5 Å². The second-order valence-electron chi connectivity index (χ2n) is 8.72. The van der Waals surface area contributed by atoms with Gasteiger partial charge in [-0.05, 0) is 69.6 Å². The highest BCUT2D eigenvalue weighted by atomic mass is 35.5. The molecule has 4 N–H and O–H groups in total. The number of anilines is 3. The van der Waals surface area contributed by atoms with Crippen molar-refractivity contribution in [2.75, 3.05) is 17.1 Å². The molecule has 1 amide bonds. The Labute approximate surface area is 234 Å². The maximum Gasteiger partial charge on any atom is 0.259 e. The molecule has 0 radical (unpaired) electrons. The van der Waals surface area contributed by atoms with E-state index in [-0.39, 0.29) is 45.2 Å². The number of aryl methyl sites for hydroxylation is 1. The van der Waals surface area contributed by atoms with E-state index in [1.807, 2.05) is 13.8 Å². The Morgan fingerprint density at radius 3 is 2.44 bits per heavy atom. The average Bonchev–Trinajstić information content (AvgIpc) is 3.73. The van der Waals surface area contributed by atoms with E-state index >= 15 is 0 Å². The van der Waals surface area contributed by atoms with Crippen molar-refractivity contribution in [2.24, 2.45) is 7.05 Å². The molecule has 1 aromatic heterocycles. The zero-order valence-electron chi connectivity index (χ0n) is 22.7. The number of halogens is 2. The Bertz CT molecular complexity index is 1460. The Balaban J connectivity index is 0.00000205. The minimum atomic E-state index is -1.51. The summed E-state index contributed by atoms with van der Waals surface area (Å²) in [6, 6.07) is 9.26. The zero-order chi connectivity index (χ0) is 28.9. The van der Waals surface area contributed by atoms with Crippen LogP contribution in [-0.4, -0.2) is 27.8 Å². The van der Waals surface area contributed by atoms with Gasteiger partial charge in [0.2, 0.25) is 0 Å². The van der Waals surface area contributed by atoms with Crippen LogP contribution in [0.25, 0.3) is 0 Å². The van der Waals surface area contributed by atoms with Gasteiger partial charge in [-0.2, -0.15) is 0 Å². The SMILES string of the molecule is CC.CNS(=O)Nc1ccc(Oc2c(C(=O)NC3CC3)c(Nc3ccc(C)cc3F)n(C)c(=O)c2C)c(Cl)c1. The summed E-state index contributed by atoms with van der Waals surface area (Å²) in [6.45, 7) is 7.30. The summed E-state index contributed by atoms with van der Waals surface area (Å²) in [4.78, 5) is 26.6. The molecule has 3 aromatic rings. The molecule has 1 aliphatic rings. The summed E-state index contributed by atoms with van der Waals surface area (Å²) in [7, 11) is 3.03. The maximum atomic E-state index is 14.7. The number of carbonyl (C=O) groups is 1. The Kier molecular flexibility index (Phi) is 10.1. The normalized spacial score (nSPS) is 13.1. The number of nitrogens with one attached hydrogen (secondary N) is 4. The number of amides is 1. The molecule has 1 saturated carbocycles. The summed E-state index contributed by atoms with van der Waals surface area (Å²) in [5.74, 6) is -0.756. The van der Waals surface area contributed by atoms with Crippen molar-refractivity contribution in [3.8, 4) is 11.5 Å². The van der Waals surface area contributed by atoms with Gasteiger partial charge in [0.05, 0.1) is 16.3 Å². The van der Waals surface area contributed by atoms with Gasteiger partial charge in [0, 0.05) is 18.8 Å². The third-order valence-electron chi connectivity index (χ3n) is 5.82. The number of carbonyl (C=O) groups excluding carboxylic acids is 1. The highest BCUT2D eigenvalue weighted by Gasteiger charge is 2.31. The number of benzene rings is 2. The largest absolute Gasteiger partial charge is 0.454 e. The quantitative estimate of drug-likeness (QED) is 0.270. The first kappa shape index (κ1) is 30.1. The molecule has 1 atom stereocenters. The van der Waals surface area contributed by atoms with Crippen molar-refractivity contribution in [1.82, 2.24) is 14.6 Å². The number of hydrogen-bond acceptors (Lipinski definition) is 5. The lowest BCUT2D eigenvalue weighted by molar-refractivity contribution is 0.0948. The fourth-order valence-electron chi connectivity index (χ4n) is 3.65. The van der Waals surface area contributed by atoms with Crippen molar-refractivity contribution < 1.29 is 18.1 Å². The van der Waals surface area contributed by atoms with Crippen molar-refractivity contribution in [3.63, 3.8) is 0 Å². The van der Waals surface area contributed by atoms with Crippen LogP contribution >= 0.6 is 11.6 Å². The molecular weight excluding hydrogens is 545 g/mol. The first-order chi connectivity index (χ1) is 18.6. The van der Waals surface area contributed by atoms with Gasteiger partial charge in [0.1, 0.15) is 22.9 Å². The minimum Gasteiger partial charge on any atom is -0.454 e. The van der Waals surface area contributed by atoms with E-state index in [1.165, 1.54) is 42.9 Å². The van der Waals surface area contributed by atoms with Crippen LogP contribution in [0.1, 0.15) is 48.2 Å². The molecule has 12 heteroatoms. The van der Waals surface area contributed by atoms with Crippen LogP contribution < -0.4 is 30.4 Å². The van der Waals surface area contributed by atoms with Gasteiger partial charge in [0.15, 0.2) is 16.9 Å². The van der Waals surface area contributed by atoms with Crippen molar-refractivity contribution in [1.29, 1.82) is 0 Å². The van der Waals surface area contributed by atoms with Gasteiger partial charge in [-0.3, -0.25) is 18.9 Å². The van der Waals surface area contributed by atoms with E-state index in [0.717, 1.165) is 18.4 Å². The standard InChI is InChI=1S/C25H27ClFN5O4S.C2H6/c1-13-5-9-19(18(27)11-13)30-23-21(24(33)29-15-6-7-15)22(14(2)25(34)32(23)4)36-20-10-8-16(12-17(20)26)31-37(35)28-3;1-2/h5,8-12,15,28,30-31H,6-7H2,1-4H3,(H,29,33);1-2H3. The highest BCUT2D eigenvalue weighted by molar-refractivity contribution is 7.84. The van der Waals surface area contributed by atoms with Crippen LogP contribution in [0.15, 0.2) is 41.2 Å². The third-order valence-corrected chi connectivity index (χ3v) is 6.91. The predicted molar refractivity (Wildman–Crippen MR) is 155 cm³/mol. The third kappa shape index (κ3) is 7.17. The first-order valence-electron chi connectivity index (χ1n) is 12.5. The Morgan fingerprint density at radius 2 is 1.85 bits per heavy atom. The Morgan fingerprint density at radius 1 is 1.15 bits per heavy atom. The number of ether oxygens (including phenoxy) is 1. The molecule has 2 aromatic carbocycles. The number of nitrogens with zero attached hydrogens (tertiary/aromatic N) is 1.